The summed E-state index contributed by atoms with van der Waals surface area (Å²) in [7, 11) is 0. The number of nitrogens with zero attached hydrogens (tertiary/aromatic N) is 2. The zero-order valence-corrected chi connectivity index (χ0v) is 15.9. The molecule has 2 aliphatic heterocycles. The summed E-state index contributed by atoms with van der Waals surface area (Å²) in [5.74, 6) is 0.688. The summed E-state index contributed by atoms with van der Waals surface area (Å²) < 4.78 is 5.01. The second-order valence-corrected chi connectivity index (χ2v) is 7.55. The minimum Gasteiger partial charge on any atom is -0.450 e. The van der Waals surface area contributed by atoms with E-state index in [1.165, 1.54) is 0 Å². The number of nitrogens with one attached hydrogen (secondary N) is 2. The molecule has 2 saturated heterocycles. The van der Waals surface area contributed by atoms with Gasteiger partial charge in [0.05, 0.1) is 6.61 Å². The summed E-state index contributed by atoms with van der Waals surface area (Å²) in [6.45, 7) is 11.2. The highest BCUT2D eigenvalue weighted by Crippen LogP contribution is 2.13. The summed E-state index contributed by atoms with van der Waals surface area (Å²) >= 11 is 0. The highest BCUT2D eigenvalue weighted by Gasteiger charge is 2.26. The number of hydrogen-bond acceptors (Lipinski definition) is 4. The normalized spacial score (nSPS) is 20.6. The van der Waals surface area contributed by atoms with Crippen LogP contribution in [0.5, 0.6) is 0 Å². The lowest BCUT2D eigenvalue weighted by molar-refractivity contribution is 0.0956. The van der Waals surface area contributed by atoms with Crippen molar-refractivity contribution >= 4 is 12.1 Å². The van der Waals surface area contributed by atoms with Gasteiger partial charge < -0.3 is 25.2 Å². The highest BCUT2D eigenvalue weighted by atomic mass is 16.6. The average molecular weight is 354 g/mol. The molecule has 0 aliphatic carbocycles. The number of piperidine rings is 2. The first kappa shape index (κ1) is 19.8. The molecule has 25 heavy (non-hydrogen) atoms. The van der Waals surface area contributed by atoms with Gasteiger partial charge in [0.15, 0.2) is 0 Å². The van der Waals surface area contributed by atoms with Gasteiger partial charge >= 0.3 is 12.1 Å². The van der Waals surface area contributed by atoms with Gasteiger partial charge in [0.25, 0.3) is 0 Å². The molecule has 0 radical (unpaired) electrons. The Bertz CT molecular complexity index is 428. The molecule has 0 spiro atoms. The minimum atomic E-state index is -0.251. The molecule has 2 N–H and O–H groups in total. The van der Waals surface area contributed by atoms with Crippen molar-refractivity contribution in [3.63, 3.8) is 0 Å². The van der Waals surface area contributed by atoms with Gasteiger partial charge in [0, 0.05) is 44.8 Å². The fourth-order valence-corrected chi connectivity index (χ4v) is 3.61. The molecular formula is C18H34N4O3. The maximum absolute atomic E-state index is 12.2. The van der Waals surface area contributed by atoms with Gasteiger partial charge in [-0.25, -0.2) is 9.59 Å². The van der Waals surface area contributed by atoms with Crippen LogP contribution < -0.4 is 10.6 Å². The summed E-state index contributed by atoms with van der Waals surface area (Å²) in [6, 6.07) is 0.326. The Morgan fingerprint density at radius 2 is 1.52 bits per heavy atom. The largest absolute Gasteiger partial charge is 0.450 e. The molecule has 144 valence electrons. The van der Waals surface area contributed by atoms with Crippen molar-refractivity contribution in [1.29, 1.82) is 0 Å². The van der Waals surface area contributed by atoms with Crippen molar-refractivity contribution in [2.45, 2.75) is 58.5 Å². The van der Waals surface area contributed by atoms with Crippen molar-refractivity contribution in [2.24, 2.45) is 5.92 Å². The number of urea groups is 1. The molecule has 7 heteroatoms. The molecule has 7 nitrogen and oxygen atoms in total. The van der Waals surface area contributed by atoms with Crippen LogP contribution in [-0.2, 0) is 4.74 Å². The predicted octanol–water partition coefficient (Wildman–Crippen LogP) is 2.03. The Hall–Kier alpha value is -1.50. The van der Waals surface area contributed by atoms with E-state index in [1.807, 2.05) is 6.92 Å². The Balaban J connectivity index is 1.63. The molecule has 0 saturated carbocycles. The van der Waals surface area contributed by atoms with Gasteiger partial charge in [-0.15, -0.1) is 0 Å². The van der Waals surface area contributed by atoms with Crippen LogP contribution in [0.2, 0.25) is 0 Å². The number of ether oxygens (including phenoxy) is 1. The van der Waals surface area contributed by atoms with Crippen molar-refractivity contribution in [2.75, 3.05) is 39.3 Å². The van der Waals surface area contributed by atoms with E-state index in [1.54, 1.807) is 4.90 Å². The molecule has 2 aliphatic rings. The van der Waals surface area contributed by atoms with E-state index in [0.717, 1.165) is 45.3 Å². The van der Waals surface area contributed by atoms with Crippen LogP contribution in [-0.4, -0.2) is 73.3 Å². The zero-order valence-electron chi connectivity index (χ0n) is 15.9. The van der Waals surface area contributed by atoms with E-state index in [9.17, 15) is 9.59 Å². The van der Waals surface area contributed by atoms with Crippen molar-refractivity contribution in [3.8, 4) is 0 Å². The standard InChI is InChI=1S/C18H34N4O3/c1-4-25-18(24)22-11-7-16(8-12-22)20-17(23)19-15-5-9-21(10-6-15)13-14(2)3/h14-16H,4-13H2,1-3H3,(H2,19,20,23). The van der Waals surface area contributed by atoms with Gasteiger partial charge in [-0.05, 0) is 38.5 Å². The van der Waals surface area contributed by atoms with Crippen LogP contribution >= 0.6 is 0 Å². The lowest BCUT2D eigenvalue weighted by Crippen LogP contribution is -2.52. The van der Waals surface area contributed by atoms with Gasteiger partial charge in [0.2, 0.25) is 0 Å². The van der Waals surface area contributed by atoms with Gasteiger partial charge in [0.1, 0.15) is 0 Å². The molecule has 0 unspecified atom stereocenters. The van der Waals surface area contributed by atoms with E-state index in [-0.39, 0.29) is 24.2 Å². The van der Waals surface area contributed by atoms with Crippen molar-refractivity contribution < 1.29 is 14.3 Å². The summed E-state index contributed by atoms with van der Waals surface area (Å²) in [5, 5.41) is 6.17. The maximum Gasteiger partial charge on any atom is 0.409 e. The first-order valence-corrected chi connectivity index (χ1v) is 9.69. The third-order valence-electron chi connectivity index (χ3n) is 4.90. The fourth-order valence-electron chi connectivity index (χ4n) is 3.61. The van der Waals surface area contributed by atoms with Crippen LogP contribution in [0.1, 0.15) is 46.5 Å². The van der Waals surface area contributed by atoms with Crippen molar-refractivity contribution in [1.82, 2.24) is 20.4 Å². The molecule has 0 atom stereocenters. The van der Waals surface area contributed by atoms with E-state index >= 15 is 0 Å². The molecule has 0 aromatic carbocycles. The Kier molecular flexibility index (Phi) is 7.81. The van der Waals surface area contributed by atoms with E-state index in [2.05, 4.69) is 29.4 Å². The van der Waals surface area contributed by atoms with Crippen molar-refractivity contribution in [3.05, 3.63) is 0 Å². The Morgan fingerprint density at radius 3 is 2.00 bits per heavy atom. The number of likely N-dealkylation sites (tertiary alicyclic amines) is 2. The minimum absolute atomic E-state index is 0.0723. The summed E-state index contributed by atoms with van der Waals surface area (Å²) in [5.41, 5.74) is 0. The van der Waals surface area contributed by atoms with Crippen LogP contribution in [0, 0.1) is 5.92 Å². The zero-order chi connectivity index (χ0) is 18.2. The number of carbonyl (C=O) groups is 2. The molecule has 0 bridgehead atoms. The topological polar surface area (TPSA) is 73.9 Å². The van der Waals surface area contributed by atoms with E-state index < -0.39 is 0 Å². The molecule has 0 aromatic heterocycles. The first-order chi connectivity index (χ1) is 12.0. The molecular weight excluding hydrogens is 320 g/mol. The third kappa shape index (κ3) is 6.72. The quantitative estimate of drug-likeness (QED) is 0.792. The van der Waals surface area contributed by atoms with Crippen LogP contribution in [0.4, 0.5) is 9.59 Å². The highest BCUT2D eigenvalue weighted by molar-refractivity contribution is 5.74. The van der Waals surface area contributed by atoms with Crippen LogP contribution in [0.15, 0.2) is 0 Å². The summed E-state index contributed by atoms with van der Waals surface area (Å²) in [6.07, 6.45) is 3.33. The lowest BCUT2D eigenvalue weighted by atomic mass is 10.0. The Morgan fingerprint density at radius 1 is 1.00 bits per heavy atom. The average Bonchev–Trinajstić information content (AvgIpc) is 2.57. The second-order valence-electron chi connectivity index (χ2n) is 7.55. The van der Waals surface area contributed by atoms with Gasteiger partial charge in [-0.2, -0.15) is 0 Å². The monoisotopic (exact) mass is 354 g/mol. The number of carbonyl (C=O) groups excluding carboxylic acids is 2. The Labute approximate surface area is 151 Å². The second kappa shape index (κ2) is 9.85. The third-order valence-corrected chi connectivity index (χ3v) is 4.90. The molecule has 2 heterocycles. The predicted molar refractivity (Wildman–Crippen MR) is 97.6 cm³/mol. The number of amides is 3. The molecule has 2 fully saturated rings. The number of hydrogen-bond donors (Lipinski definition) is 2. The molecule has 2 rings (SSSR count). The summed E-state index contributed by atoms with van der Waals surface area (Å²) in [4.78, 5) is 28.1. The number of rotatable bonds is 5. The lowest BCUT2D eigenvalue weighted by Gasteiger charge is -2.34. The van der Waals surface area contributed by atoms with Crippen LogP contribution in [0.3, 0.4) is 0 Å². The van der Waals surface area contributed by atoms with Gasteiger partial charge in [-0.1, -0.05) is 13.8 Å². The van der Waals surface area contributed by atoms with Crippen LogP contribution in [0.25, 0.3) is 0 Å². The molecule has 0 aromatic rings. The first-order valence-electron chi connectivity index (χ1n) is 9.69. The maximum atomic E-state index is 12.2. The smallest absolute Gasteiger partial charge is 0.409 e. The van der Waals surface area contributed by atoms with E-state index in [4.69, 9.17) is 4.74 Å². The fraction of sp³-hybridized carbons (Fsp3) is 0.889. The molecule has 3 amide bonds. The van der Waals surface area contributed by atoms with E-state index in [0.29, 0.717) is 25.6 Å². The SMILES string of the molecule is CCOC(=O)N1CCC(NC(=O)NC2CCN(CC(C)C)CC2)CC1. The van der Waals surface area contributed by atoms with Gasteiger partial charge in [-0.3, -0.25) is 0 Å².